The maximum Gasteiger partial charge on any atom is 0.325 e. The van der Waals surface area contributed by atoms with Crippen molar-refractivity contribution in [2.45, 2.75) is 0 Å². The summed E-state index contributed by atoms with van der Waals surface area (Å²) in [6, 6.07) is 6.32. The lowest BCUT2D eigenvalue weighted by atomic mass is 10.3. The van der Waals surface area contributed by atoms with Crippen LogP contribution >= 0.6 is 0 Å². The second-order valence-electron chi connectivity index (χ2n) is 3.48. The summed E-state index contributed by atoms with van der Waals surface area (Å²) in [6.45, 7) is -0.0999. The van der Waals surface area contributed by atoms with Crippen LogP contribution in [0.2, 0.25) is 0 Å². The van der Waals surface area contributed by atoms with Crippen molar-refractivity contribution in [1.29, 1.82) is 0 Å². The first kappa shape index (κ1) is 12.8. The Morgan fingerprint density at radius 3 is 2.47 bits per heavy atom. The number of carbonyl (C=O) groups is 2. The highest BCUT2D eigenvalue weighted by molar-refractivity contribution is 5.91. The summed E-state index contributed by atoms with van der Waals surface area (Å²) in [5, 5.41) is 2.62. The lowest BCUT2D eigenvalue weighted by Gasteiger charge is -2.16. The normalized spacial score (nSPS) is 9.53. The van der Waals surface area contributed by atoms with E-state index in [2.05, 4.69) is 10.1 Å². The third kappa shape index (κ3) is 4.02. The summed E-state index contributed by atoms with van der Waals surface area (Å²) in [7, 11) is 2.78. The van der Waals surface area contributed by atoms with Gasteiger partial charge in [-0.2, -0.15) is 0 Å². The molecule has 0 saturated heterocycles. The van der Waals surface area contributed by atoms with Gasteiger partial charge < -0.3 is 20.7 Å². The number of ether oxygens (including phenoxy) is 1. The largest absolute Gasteiger partial charge is 0.468 e. The van der Waals surface area contributed by atoms with Gasteiger partial charge in [0.2, 0.25) is 0 Å². The highest BCUT2D eigenvalue weighted by Gasteiger charge is 2.12. The number of hydrogen-bond donors (Lipinski definition) is 2. The second kappa shape index (κ2) is 5.74. The number of urea groups is 1. The topological polar surface area (TPSA) is 84.7 Å². The molecular formula is C11H15N3O3. The minimum atomic E-state index is -0.472. The van der Waals surface area contributed by atoms with Gasteiger partial charge in [0.05, 0.1) is 7.11 Å². The number of carbonyl (C=O) groups excluding carboxylic acids is 2. The summed E-state index contributed by atoms with van der Waals surface area (Å²) < 4.78 is 4.46. The SMILES string of the molecule is COC(=O)CN(C)C(=O)Nc1ccc(N)cc1. The number of anilines is 2. The van der Waals surface area contributed by atoms with Crippen LogP contribution in [0.4, 0.5) is 16.2 Å². The van der Waals surface area contributed by atoms with Gasteiger partial charge in [-0.25, -0.2) is 4.79 Å². The van der Waals surface area contributed by atoms with E-state index in [9.17, 15) is 9.59 Å². The smallest absolute Gasteiger partial charge is 0.325 e. The van der Waals surface area contributed by atoms with Crippen molar-refractivity contribution in [1.82, 2.24) is 4.90 Å². The van der Waals surface area contributed by atoms with Crippen LogP contribution in [0.1, 0.15) is 0 Å². The van der Waals surface area contributed by atoms with Gasteiger partial charge in [0.1, 0.15) is 6.54 Å². The molecule has 0 atom stereocenters. The zero-order valence-corrected chi connectivity index (χ0v) is 9.77. The van der Waals surface area contributed by atoms with E-state index in [-0.39, 0.29) is 12.6 Å². The second-order valence-corrected chi connectivity index (χ2v) is 3.48. The van der Waals surface area contributed by atoms with Crippen LogP contribution in [-0.2, 0) is 9.53 Å². The van der Waals surface area contributed by atoms with Gasteiger partial charge in [-0.3, -0.25) is 4.79 Å². The van der Waals surface area contributed by atoms with Crippen molar-refractivity contribution >= 4 is 23.4 Å². The van der Waals surface area contributed by atoms with Crippen molar-refractivity contribution in [2.75, 3.05) is 31.8 Å². The summed E-state index contributed by atoms with van der Waals surface area (Å²) in [6.07, 6.45) is 0. The van der Waals surface area contributed by atoms with Gasteiger partial charge in [-0.15, -0.1) is 0 Å². The first-order valence-corrected chi connectivity index (χ1v) is 4.97. The van der Waals surface area contributed by atoms with E-state index in [0.29, 0.717) is 11.4 Å². The maximum atomic E-state index is 11.6. The van der Waals surface area contributed by atoms with Gasteiger partial charge in [0.25, 0.3) is 0 Å². The predicted octanol–water partition coefficient (Wildman–Crippen LogP) is 0.905. The molecule has 3 N–H and O–H groups in total. The Labute approximate surface area is 99.3 Å². The highest BCUT2D eigenvalue weighted by atomic mass is 16.5. The lowest BCUT2D eigenvalue weighted by molar-refractivity contribution is -0.140. The maximum absolute atomic E-state index is 11.6. The molecule has 0 saturated carbocycles. The van der Waals surface area contributed by atoms with Gasteiger partial charge in [-0.1, -0.05) is 0 Å². The van der Waals surface area contributed by atoms with Crippen LogP contribution < -0.4 is 11.1 Å². The van der Waals surface area contributed by atoms with E-state index in [4.69, 9.17) is 5.73 Å². The van der Waals surface area contributed by atoms with Crippen LogP contribution in [0.15, 0.2) is 24.3 Å². The first-order chi connectivity index (χ1) is 8.02. The van der Waals surface area contributed by atoms with E-state index in [0.717, 1.165) is 0 Å². The molecule has 0 fully saturated rings. The fourth-order valence-electron chi connectivity index (χ4n) is 1.12. The molecule has 1 rings (SSSR count). The number of nitrogens with one attached hydrogen (secondary N) is 1. The molecule has 0 aliphatic heterocycles. The van der Waals surface area contributed by atoms with Crippen LogP contribution in [0.25, 0.3) is 0 Å². The Morgan fingerprint density at radius 2 is 1.94 bits per heavy atom. The third-order valence-electron chi connectivity index (χ3n) is 2.10. The Hall–Kier alpha value is -2.24. The van der Waals surface area contributed by atoms with Crippen LogP contribution in [0.5, 0.6) is 0 Å². The Kier molecular flexibility index (Phi) is 4.33. The quantitative estimate of drug-likeness (QED) is 0.604. The molecule has 0 radical (unpaired) electrons. The molecule has 0 spiro atoms. The molecule has 0 unspecified atom stereocenters. The Bertz CT molecular complexity index is 403. The number of methoxy groups -OCH3 is 1. The van der Waals surface area contributed by atoms with E-state index in [1.54, 1.807) is 24.3 Å². The van der Waals surface area contributed by atoms with E-state index < -0.39 is 5.97 Å². The van der Waals surface area contributed by atoms with E-state index in [1.165, 1.54) is 19.1 Å². The monoisotopic (exact) mass is 237 g/mol. The average molecular weight is 237 g/mol. The van der Waals surface area contributed by atoms with Crippen molar-refractivity contribution in [3.05, 3.63) is 24.3 Å². The number of nitrogen functional groups attached to an aromatic ring is 1. The lowest BCUT2D eigenvalue weighted by Crippen LogP contribution is -2.35. The highest BCUT2D eigenvalue weighted by Crippen LogP contribution is 2.10. The molecule has 0 aromatic heterocycles. The van der Waals surface area contributed by atoms with Crippen molar-refractivity contribution in [3.8, 4) is 0 Å². The Balaban J connectivity index is 2.54. The summed E-state index contributed by atoms with van der Waals surface area (Å²) >= 11 is 0. The van der Waals surface area contributed by atoms with Crippen molar-refractivity contribution in [2.24, 2.45) is 0 Å². The van der Waals surface area contributed by atoms with Crippen LogP contribution in [0, 0.1) is 0 Å². The fraction of sp³-hybridized carbons (Fsp3) is 0.273. The minimum Gasteiger partial charge on any atom is -0.468 e. The van der Waals surface area contributed by atoms with E-state index in [1.807, 2.05) is 0 Å². The molecule has 1 aromatic rings. The molecule has 2 amide bonds. The summed E-state index contributed by atoms with van der Waals surface area (Å²) in [4.78, 5) is 23.8. The van der Waals surface area contributed by atoms with Gasteiger partial charge >= 0.3 is 12.0 Å². The fourth-order valence-corrected chi connectivity index (χ4v) is 1.12. The molecule has 0 heterocycles. The molecule has 1 aromatic carbocycles. The number of esters is 1. The first-order valence-electron chi connectivity index (χ1n) is 4.97. The van der Waals surface area contributed by atoms with Crippen LogP contribution in [-0.4, -0.2) is 37.6 Å². The predicted molar refractivity (Wildman–Crippen MR) is 64.5 cm³/mol. The molecular weight excluding hydrogens is 222 g/mol. The van der Waals surface area contributed by atoms with Crippen molar-refractivity contribution in [3.63, 3.8) is 0 Å². The minimum absolute atomic E-state index is 0.0999. The Morgan fingerprint density at radius 1 is 1.35 bits per heavy atom. The molecule has 0 aliphatic rings. The molecule has 17 heavy (non-hydrogen) atoms. The van der Waals surface area contributed by atoms with E-state index >= 15 is 0 Å². The molecule has 0 bridgehead atoms. The molecule has 0 aliphatic carbocycles. The van der Waals surface area contributed by atoms with Gasteiger partial charge in [0, 0.05) is 18.4 Å². The molecule has 92 valence electrons. The number of nitrogens with zero attached hydrogens (tertiary/aromatic N) is 1. The standard InChI is InChI=1S/C11H15N3O3/c1-14(7-10(15)17-2)11(16)13-9-5-3-8(12)4-6-9/h3-6H,7,12H2,1-2H3,(H,13,16). The number of amides is 2. The summed E-state index contributed by atoms with van der Waals surface area (Å²) in [5.74, 6) is -0.472. The average Bonchev–Trinajstić information content (AvgIpc) is 2.31. The van der Waals surface area contributed by atoms with Crippen molar-refractivity contribution < 1.29 is 14.3 Å². The number of likely N-dealkylation sites (N-methyl/N-ethyl adjacent to an activating group) is 1. The number of hydrogen-bond acceptors (Lipinski definition) is 4. The number of rotatable bonds is 3. The van der Waals surface area contributed by atoms with Gasteiger partial charge in [0.15, 0.2) is 0 Å². The molecule has 6 heteroatoms. The van der Waals surface area contributed by atoms with Crippen LogP contribution in [0.3, 0.4) is 0 Å². The van der Waals surface area contributed by atoms with Gasteiger partial charge in [-0.05, 0) is 24.3 Å². The number of nitrogens with two attached hydrogens (primary N) is 1. The number of benzene rings is 1. The zero-order chi connectivity index (χ0) is 12.8. The summed E-state index contributed by atoms with van der Waals surface area (Å²) in [5.41, 5.74) is 6.75. The third-order valence-corrected chi connectivity index (χ3v) is 2.10. The molecule has 6 nitrogen and oxygen atoms in total. The zero-order valence-electron chi connectivity index (χ0n) is 9.77.